The lowest BCUT2D eigenvalue weighted by Gasteiger charge is -2.13. The number of nitrogens with zero attached hydrogens (tertiary/aromatic N) is 2. The Hall–Kier alpha value is -2.24. The predicted octanol–water partition coefficient (Wildman–Crippen LogP) is 0.934. The Bertz CT molecular complexity index is 460. The zero-order valence-electron chi connectivity index (χ0n) is 10.1. The van der Waals surface area contributed by atoms with Crippen LogP contribution in [-0.2, 0) is 4.79 Å². The van der Waals surface area contributed by atoms with Crippen molar-refractivity contribution in [3.8, 4) is 0 Å². The normalized spacial score (nSPS) is 11.6. The number of aromatic nitrogens is 2. The molecule has 1 aromatic heterocycles. The van der Waals surface area contributed by atoms with E-state index in [1.807, 2.05) is 0 Å². The van der Waals surface area contributed by atoms with E-state index in [1.165, 1.54) is 12.5 Å². The van der Waals surface area contributed by atoms with Gasteiger partial charge in [-0.05, 0) is 19.8 Å². The number of rotatable bonds is 6. The summed E-state index contributed by atoms with van der Waals surface area (Å²) in [5, 5.41) is 11.4. The molecule has 1 unspecified atom stereocenters. The number of carboxylic acids is 1. The third kappa shape index (κ3) is 3.65. The van der Waals surface area contributed by atoms with Gasteiger partial charge in [-0.15, -0.1) is 6.58 Å². The molecule has 1 heterocycles. The maximum Gasteiger partial charge on any atom is 0.326 e. The highest BCUT2D eigenvalue weighted by molar-refractivity contribution is 5.97. The highest BCUT2D eigenvalue weighted by atomic mass is 16.4. The fourth-order valence-corrected chi connectivity index (χ4v) is 1.39. The highest BCUT2D eigenvalue weighted by Crippen LogP contribution is 2.04. The number of nitrogens with one attached hydrogen (secondary N) is 1. The number of carbonyl (C=O) groups excluding carboxylic acids is 1. The lowest BCUT2D eigenvalue weighted by atomic mass is 10.1. The molecule has 0 saturated carbocycles. The minimum absolute atomic E-state index is 0.280. The Labute approximate surface area is 105 Å². The smallest absolute Gasteiger partial charge is 0.326 e. The molecule has 0 radical (unpaired) electrons. The van der Waals surface area contributed by atoms with E-state index >= 15 is 0 Å². The molecule has 18 heavy (non-hydrogen) atoms. The summed E-state index contributed by atoms with van der Waals surface area (Å²) in [6, 6.07) is -0.935. The minimum Gasteiger partial charge on any atom is -0.480 e. The summed E-state index contributed by atoms with van der Waals surface area (Å²) in [6.07, 6.45) is 5.13. The van der Waals surface area contributed by atoms with Gasteiger partial charge >= 0.3 is 5.97 Å². The van der Waals surface area contributed by atoms with Crippen molar-refractivity contribution < 1.29 is 14.7 Å². The second kappa shape index (κ2) is 6.48. The first-order valence-corrected chi connectivity index (χ1v) is 5.47. The Morgan fingerprint density at radius 1 is 1.61 bits per heavy atom. The molecule has 0 aliphatic heterocycles. The van der Waals surface area contributed by atoms with E-state index < -0.39 is 17.9 Å². The van der Waals surface area contributed by atoms with Gasteiger partial charge in [-0.2, -0.15) is 0 Å². The van der Waals surface area contributed by atoms with Crippen LogP contribution >= 0.6 is 0 Å². The molecule has 1 amide bonds. The molecule has 0 aliphatic rings. The van der Waals surface area contributed by atoms with E-state index in [-0.39, 0.29) is 5.56 Å². The molecule has 1 atom stereocenters. The molecule has 0 spiro atoms. The molecule has 0 fully saturated rings. The summed E-state index contributed by atoms with van der Waals surface area (Å²) in [6.45, 7) is 5.18. The predicted molar refractivity (Wildman–Crippen MR) is 65.1 cm³/mol. The Morgan fingerprint density at radius 3 is 2.89 bits per heavy atom. The molecule has 0 bridgehead atoms. The fourth-order valence-electron chi connectivity index (χ4n) is 1.39. The van der Waals surface area contributed by atoms with E-state index in [9.17, 15) is 9.59 Å². The van der Waals surface area contributed by atoms with Gasteiger partial charge in [0.2, 0.25) is 0 Å². The fraction of sp³-hybridized carbons (Fsp3) is 0.333. The van der Waals surface area contributed by atoms with Crippen LogP contribution in [0.15, 0.2) is 25.2 Å². The van der Waals surface area contributed by atoms with Gasteiger partial charge in [-0.25, -0.2) is 14.8 Å². The summed E-state index contributed by atoms with van der Waals surface area (Å²) in [4.78, 5) is 30.5. The molecule has 6 heteroatoms. The topological polar surface area (TPSA) is 92.2 Å². The van der Waals surface area contributed by atoms with Crippen molar-refractivity contribution in [2.75, 3.05) is 0 Å². The number of amides is 1. The van der Waals surface area contributed by atoms with Gasteiger partial charge in [-0.1, -0.05) is 6.08 Å². The maximum absolute atomic E-state index is 11.9. The molecule has 2 N–H and O–H groups in total. The summed E-state index contributed by atoms with van der Waals surface area (Å²) in [7, 11) is 0. The average Bonchev–Trinajstić information content (AvgIpc) is 2.34. The number of allylic oxidation sites excluding steroid dienone is 1. The van der Waals surface area contributed by atoms with Crippen LogP contribution in [0.4, 0.5) is 0 Å². The van der Waals surface area contributed by atoms with Crippen LogP contribution in [0.3, 0.4) is 0 Å². The number of hydrogen-bond donors (Lipinski definition) is 2. The summed E-state index contributed by atoms with van der Waals surface area (Å²) in [5.74, 6) is -1.55. The monoisotopic (exact) mass is 249 g/mol. The van der Waals surface area contributed by atoms with Crippen LogP contribution in [0.5, 0.6) is 0 Å². The zero-order valence-corrected chi connectivity index (χ0v) is 10.1. The molecule has 1 rings (SSSR count). The quantitative estimate of drug-likeness (QED) is 0.732. The molecule has 0 aliphatic carbocycles. The SMILES string of the molecule is C=CCCC(NC(=O)c1cncnc1C)C(=O)O. The molecule has 1 aromatic rings. The minimum atomic E-state index is -1.07. The zero-order chi connectivity index (χ0) is 13.5. The lowest BCUT2D eigenvalue weighted by Crippen LogP contribution is -2.41. The van der Waals surface area contributed by atoms with Crippen LogP contribution in [0.2, 0.25) is 0 Å². The van der Waals surface area contributed by atoms with Crippen LogP contribution in [-0.4, -0.2) is 33.0 Å². The van der Waals surface area contributed by atoms with E-state index in [2.05, 4.69) is 21.9 Å². The van der Waals surface area contributed by atoms with E-state index in [4.69, 9.17) is 5.11 Å². The van der Waals surface area contributed by atoms with Crippen molar-refractivity contribution in [1.29, 1.82) is 0 Å². The molecule has 96 valence electrons. The van der Waals surface area contributed by atoms with E-state index in [0.717, 1.165) is 0 Å². The van der Waals surface area contributed by atoms with Crippen molar-refractivity contribution in [2.24, 2.45) is 0 Å². The summed E-state index contributed by atoms with van der Waals surface area (Å²) < 4.78 is 0. The van der Waals surface area contributed by atoms with Gasteiger partial charge in [0.15, 0.2) is 0 Å². The van der Waals surface area contributed by atoms with Crippen molar-refractivity contribution in [3.63, 3.8) is 0 Å². The van der Waals surface area contributed by atoms with Crippen LogP contribution in [0.1, 0.15) is 28.9 Å². The number of carboxylic acid groups (broad SMARTS) is 1. The number of carbonyl (C=O) groups is 2. The average molecular weight is 249 g/mol. The van der Waals surface area contributed by atoms with Crippen molar-refractivity contribution in [3.05, 3.63) is 36.4 Å². The molecular formula is C12H15N3O3. The van der Waals surface area contributed by atoms with Crippen molar-refractivity contribution >= 4 is 11.9 Å². The first-order valence-electron chi connectivity index (χ1n) is 5.47. The Kier molecular flexibility index (Phi) is 4.98. The van der Waals surface area contributed by atoms with Gasteiger partial charge in [-0.3, -0.25) is 4.79 Å². The Balaban J connectivity index is 2.75. The molecule has 0 aromatic carbocycles. The van der Waals surface area contributed by atoms with Gasteiger partial charge in [0.05, 0.1) is 11.3 Å². The van der Waals surface area contributed by atoms with Gasteiger partial charge in [0, 0.05) is 6.20 Å². The number of aliphatic carboxylic acids is 1. The first kappa shape index (κ1) is 13.8. The van der Waals surface area contributed by atoms with E-state index in [0.29, 0.717) is 18.5 Å². The van der Waals surface area contributed by atoms with Gasteiger partial charge < -0.3 is 10.4 Å². The van der Waals surface area contributed by atoms with Gasteiger partial charge in [0.25, 0.3) is 5.91 Å². The third-order valence-electron chi connectivity index (χ3n) is 2.42. The number of aryl methyl sites for hydroxylation is 1. The van der Waals surface area contributed by atoms with Gasteiger partial charge in [0.1, 0.15) is 12.4 Å². The first-order chi connectivity index (χ1) is 8.56. The summed E-state index contributed by atoms with van der Waals surface area (Å²) >= 11 is 0. The largest absolute Gasteiger partial charge is 0.480 e. The van der Waals surface area contributed by atoms with Crippen LogP contribution in [0.25, 0.3) is 0 Å². The lowest BCUT2D eigenvalue weighted by molar-refractivity contribution is -0.139. The second-order valence-electron chi connectivity index (χ2n) is 3.75. The van der Waals surface area contributed by atoms with Crippen molar-refractivity contribution in [2.45, 2.75) is 25.8 Å². The standard InChI is InChI=1S/C12H15N3O3/c1-3-4-5-10(12(17)18)15-11(16)9-6-13-7-14-8(9)2/h3,6-7,10H,1,4-5H2,2H3,(H,15,16)(H,17,18). The third-order valence-corrected chi connectivity index (χ3v) is 2.42. The van der Waals surface area contributed by atoms with E-state index in [1.54, 1.807) is 13.0 Å². The molecule has 6 nitrogen and oxygen atoms in total. The summed E-state index contributed by atoms with van der Waals surface area (Å²) in [5.41, 5.74) is 0.790. The van der Waals surface area contributed by atoms with Crippen molar-refractivity contribution in [1.82, 2.24) is 15.3 Å². The number of hydrogen-bond acceptors (Lipinski definition) is 4. The van der Waals surface area contributed by atoms with Crippen LogP contribution < -0.4 is 5.32 Å². The Morgan fingerprint density at radius 2 is 2.33 bits per heavy atom. The molecule has 0 saturated heterocycles. The van der Waals surface area contributed by atoms with Crippen LogP contribution in [0, 0.1) is 6.92 Å². The molecular weight excluding hydrogens is 234 g/mol. The highest BCUT2D eigenvalue weighted by Gasteiger charge is 2.20. The maximum atomic E-state index is 11.9. The second-order valence-corrected chi connectivity index (χ2v) is 3.75.